The quantitative estimate of drug-likeness (QED) is 0.918. The lowest BCUT2D eigenvalue weighted by Crippen LogP contribution is -2.04. The summed E-state index contributed by atoms with van der Waals surface area (Å²) in [4.78, 5) is 15.6. The van der Waals surface area contributed by atoms with Gasteiger partial charge in [-0.15, -0.1) is 0 Å². The molecule has 0 amide bonds. The van der Waals surface area contributed by atoms with Crippen LogP contribution in [0.25, 0.3) is 0 Å². The van der Waals surface area contributed by atoms with Gasteiger partial charge in [0.05, 0.1) is 17.1 Å². The minimum Gasteiger partial charge on any atom is -0.481 e. The molecule has 3 rings (SSSR count). The highest BCUT2D eigenvalue weighted by Gasteiger charge is 2.65. The van der Waals surface area contributed by atoms with Crippen molar-refractivity contribution in [3.05, 3.63) is 11.7 Å². The Kier molecular flexibility index (Phi) is 3.08. The van der Waals surface area contributed by atoms with Crippen LogP contribution in [0.3, 0.4) is 0 Å². The Morgan fingerprint density at radius 2 is 2.26 bits per heavy atom. The topological polar surface area (TPSA) is 76.2 Å². The Hall–Kier alpha value is -1.04. The zero-order chi connectivity index (χ0) is 13.6. The molecule has 5 nitrogen and oxygen atoms in total. The monoisotopic (exact) mass is 282 g/mol. The molecule has 3 unspecified atom stereocenters. The highest BCUT2D eigenvalue weighted by molar-refractivity contribution is 7.99. The fourth-order valence-corrected chi connectivity index (χ4v) is 4.24. The number of nitrogens with zero attached hydrogens (tertiary/aromatic N) is 2. The van der Waals surface area contributed by atoms with Gasteiger partial charge in [0.1, 0.15) is 0 Å². The van der Waals surface area contributed by atoms with Crippen LogP contribution in [0.1, 0.15) is 56.0 Å². The Bertz CT molecular complexity index is 494. The Labute approximate surface area is 116 Å². The standard InChI is InChI=1S/C13H18N2O3S/c1-13(2)8(9(13)12(16)17)11-14-10(15-18-11)7-5-3-4-6-19-7/h7-9H,3-6H2,1-2H3,(H,16,17). The van der Waals surface area contributed by atoms with E-state index in [-0.39, 0.29) is 11.3 Å². The van der Waals surface area contributed by atoms with Gasteiger partial charge in [-0.25, -0.2) is 0 Å². The number of hydrogen-bond acceptors (Lipinski definition) is 5. The number of thioether (sulfide) groups is 1. The van der Waals surface area contributed by atoms with Gasteiger partial charge >= 0.3 is 5.97 Å². The number of carbonyl (C=O) groups is 1. The van der Waals surface area contributed by atoms with Gasteiger partial charge in [0.15, 0.2) is 5.82 Å². The van der Waals surface area contributed by atoms with Crippen molar-refractivity contribution in [2.75, 3.05) is 5.75 Å². The van der Waals surface area contributed by atoms with E-state index in [4.69, 9.17) is 4.52 Å². The molecule has 0 spiro atoms. The first-order valence-electron chi connectivity index (χ1n) is 6.69. The van der Waals surface area contributed by atoms with Gasteiger partial charge < -0.3 is 9.63 Å². The molecule has 1 aliphatic heterocycles. The van der Waals surface area contributed by atoms with Crippen molar-refractivity contribution in [2.45, 2.75) is 44.3 Å². The third kappa shape index (κ3) is 2.16. The van der Waals surface area contributed by atoms with Crippen LogP contribution in [-0.4, -0.2) is 27.0 Å². The normalized spacial score (nSPS) is 33.1. The first-order chi connectivity index (χ1) is 9.01. The summed E-state index contributed by atoms with van der Waals surface area (Å²) >= 11 is 1.87. The molecule has 1 N–H and O–H groups in total. The van der Waals surface area contributed by atoms with Gasteiger partial charge in [-0.05, 0) is 24.0 Å². The molecular weight excluding hydrogens is 264 g/mol. The number of aliphatic carboxylic acids is 1. The lowest BCUT2D eigenvalue weighted by molar-refractivity contribution is -0.139. The highest BCUT2D eigenvalue weighted by Crippen LogP contribution is 2.64. The minimum atomic E-state index is -0.776. The van der Waals surface area contributed by atoms with Crippen molar-refractivity contribution < 1.29 is 14.4 Å². The fraction of sp³-hybridized carbons (Fsp3) is 0.769. The summed E-state index contributed by atoms with van der Waals surface area (Å²) in [6, 6.07) is 0. The van der Waals surface area contributed by atoms with Crippen LogP contribution in [0.2, 0.25) is 0 Å². The van der Waals surface area contributed by atoms with E-state index in [9.17, 15) is 9.90 Å². The summed E-state index contributed by atoms with van der Waals surface area (Å²) in [5, 5.41) is 13.6. The molecule has 2 aliphatic rings. The molecule has 2 fully saturated rings. The molecule has 0 bridgehead atoms. The largest absolute Gasteiger partial charge is 0.481 e. The van der Waals surface area contributed by atoms with E-state index in [1.165, 1.54) is 12.8 Å². The van der Waals surface area contributed by atoms with E-state index >= 15 is 0 Å². The molecule has 2 heterocycles. The zero-order valence-electron chi connectivity index (χ0n) is 11.1. The molecule has 0 aromatic carbocycles. The van der Waals surface area contributed by atoms with Crippen LogP contribution >= 0.6 is 11.8 Å². The second kappa shape index (κ2) is 4.51. The Morgan fingerprint density at radius 1 is 1.47 bits per heavy atom. The van der Waals surface area contributed by atoms with E-state index < -0.39 is 11.9 Å². The van der Waals surface area contributed by atoms with Crippen molar-refractivity contribution >= 4 is 17.7 Å². The maximum Gasteiger partial charge on any atom is 0.307 e. The van der Waals surface area contributed by atoms with Crippen LogP contribution in [-0.2, 0) is 4.79 Å². The Balaban J connectivity index is 1.77. The second-order valence-electron chi connectivity index (χ2n) is 5.96. The summed E-state index contributed by atoms with van der Waals surface area (Å²) in [5.41, 5.74) is -0.282. The van der Waals surface area contributed by atoms with Crippen molar-refractivity contribution in [3.8, 4) is 0 Å². The van der Waals surface area contributed by atoms with E-state index in [1.807, 2.05) is 25.6 Å². The average Bonchev–Trinajstić information content (AvgIpc) is 2.76. The molecule has 1 aromatic rings. The molecule has 19 heavy (non-hydrogen) atoms. The molecule has 6 heteroatoms. The van der Waals surface area contributed by atoms with Crippen molar-refractivity contribution in [1.82, 2.24) is 10.1 Å². The summed E-state index contributed by atoms with van der Waals surface area (Å²) in [6.45, 7) is 3.88. The van der Waals surface area contributed by atoms with E-state index in [0.717, 1.165) is 18.0 Å². The van der Waals surface area contributed by atoms with Crippen molar-refractivity contribution in [3.63, 3.8) is 0 Å². The molecule has 1 saturated heterocycles. The van der Waals surface area contributed by atoms with Crippen LogP contribution in [0, 0.1) is 11.3 Å². The number of rotatable bonds is 3. The summed E-state index contributed by atoms with van der Waals surface area (Å²) in [6.07, 6.45) is 3.54. The van der Waals surface area contributed by atoms with Gasteiger partial charge in [0, 0.05) is 0 Å². The van der Waals surface area contributed by atoms with Crippen LogP contribution in [0.5, 0.6) is 0 Å². The lowest BCUT2D eigenvalue weighted by atomic mass is 10.1. The zero-order valence-corrected chi connectivity index (χ0v) is 11.9. The fourth-order valence-electron chi connectivity index (χ4n) is 3.01. The second-order valence-corrected chi connectivity index (χ2v) is 7.27. The molecule has 1 saturated carbocycles. The number of aromatic nitrogens is 2. The highest BCUT2D eigenvalue weighted by atomic mass is 32.2. The van der Waals surface area contributed by atoms with Gasteiger partial charge in [-0.2, -0.15) is 16.7 Å². The first kappa shape index (κ1) is 13.0. The predicted octanol–water partition coefficient (Wildman–Crippen LogP) is 2.85. The van der Waals surface area contributed by atoms with Gasteiger partial charge in [0.25, 0.3) is 0 Å². The summed E-state index contributed by atoms with van der Waals surface area (Å²) < 4.78 is 5.32. The third-order valence-electron chi connectivity index (χ3n) is 4.28. The molecule has 1 aromatic heterocycles. The number of hydrogen-bond donors (Lipinski definition) is 1. The first-order valence-corrected chi connectivity index (χ1v) is 7.74. The Morgan fingerprint density at radius 3 is 2.84 bits per heavy atom. The maximum absolute atomic E-state index is 11.2. The van der Waals surface area contributed by atoms with Gasteiger partial charge in [-0.3, -0.25) is 4.79 Å². The molecular formula is C13H18N2O3S. The minimum absolute atomic E-state index is 0.139. The number of carboxylic acid groups (broad SMARTS) is 1. The van der Waals surface area contributed by atoms with E-state index in [2.05, 4.69) is 10.1 Å². The van der Waals surface area contributed by atoms with Crippen LogP contribution in [0.15, 0.2) is 4.52 Å². The average molecular weight is 282 g/mol. The van der Waals surface area contributed by atoms with E-state index in [0.29, 0.717) is 11.1 Å². The smallest absolute Gasteiger partial charge is 0.307 e. The third-order valence-corrected chi connectivity index (χ3v) is 5.66. The van der Waals surface area contributed by atoms with E-state index in [1.54, 1.807) is 0 Å². The summed E-state index contributed by atoms with van der Waals surface area (Å²) in [5.74, 6) is 1.06. The van der Waals surface area contributed by atoms with Crippen LogP contribution in [0.4, 0.5) is 0 Å². The molecule has 0 radical (unpaired) electrons. The van der Waals surface area contributed by atoms with Crippen molar-refractivity contribution in [1.29, 1.82) is 0 Å². The lowest BCUT2D eigenvalue weighted by Gasteiger charge is -2.17. The maximum atomic E-state index is 11.2. The van der Waals surface area contributed by atoms with Gasteiger partial charge in [0.2, 0.25) is 5.89 Å². The van der Waals surface area contributed by atoms with Gasteiger partial charge in [-0.1, -0.05) is 25.4 Å². The molecule has 1 aliphatic carbocycles. The number of carboxylic acids is 1. The molecule has 3 atom stereocenters. The molecule has 104 valence electrons. The predicted molar refractivity (Wildman–Crippen MR) is 71.0 cm³/mol. The van der Waals surface area contributed by atoms with Crippen molar-refractivity contribution in [2.24, 2.45) is 11.3 Å². The summed E-state index contributed by atoms with van der Waals surface area (Å²) in [7, 11) is 0. The SMILES string of the molecule is CC1(C)C(C(=O)O)C1c1nc(C2CCCCS2)no1. The van der Waals surface area contributed by atoms with Crippen LogP contribution < -0.4 is 0 Å².